The van der Waals surface area contributed by atoms with Crippen LogP contribution in [-0.4, -0.2) is 29.1 Å². The van der Waals surface area contributed by atoms with Crippen molar-refractivity contribution in [3.05, 3.63) is 40.2 Å². The first-order valence-electron chi connectivity index (χ1n) is 9.47. The van der Waals surface area contributed by atoms with Crippen molar-refractivity contribution in [3.63, 3.8) is 0 Å². The third-order valence-electron chi connectivity index (χ3n) is 4.32. The molecule has 0 saturated heterocycles. The molecule has 0 saturated carbocycles. The number of rotatable bonds is 9. The van der Waals surface area contributed by atoms with Crippen LogP contribution in [0.15, 0.2) is 33.5 Å². The van der Waals surface area contributed by atoms with E-state index < -0.39 is 29.6 Å². The van der Waals surface area contributed by atoms with Gasteiger partial charge in [0.05, 0.1) is 0 Å². The molecule has 1 aromatic heterocycles. The number of aliphatic carboxylic acids is 1. The summed E-state index contributed by atoms with van der Waals surface area (Å²) in [6.07, 6.45) is 1.08. The van der Waals surface area contributed by atoms with Crippen molar-refractivity contribution in [2.75, 3.05) is 0 Å². The second-order valence-corrected chi connectivity index (χ2v) is 7.29. The number of carboxylic acid groups (broad SMARTS) is 1. The summed E-state index contributed by atoms with van der Waals surface area (Å²) in [5.41, 5.74) is 0.866. The highest BCUT2D eigenvalue weighted by atomic mass is 16.5. The van der Waals surface area contributed by atoms with Crippen molar-refractivity contribution in [3.8, 4) is 5.75 Å². The molecule has 2 aromatic rings. The number of carbonyl (C=O) groups excluding carboxylic acids is 1. The average molecular weight is 389 g/mol. The van der Waals surface area contributed by atoms with E-state index in [4.69, 9.17) is 9.15 Å². The summed E-state index contributed by atoms with van der Waals surface area (Å²) in [5, 5.41) is 12.6. The maximum absolute atomic E-state index is 12.3. The van der Waals surface area contributed by atoms with E-state index in [2.05, 4.69) is 5.32 Å². The lowest BCUT2D eigenvalue weighted by Crippen LogP contribution is -2.46. The van der Waals surface area contributed by atoms with E-state index in [0.29, 0.717) is 17.8 Å². The standard InChI is InChI=1S/C21H27NO6/c1-5-6-14-10-19(23)28-18-11-15(7-8-16(14)18)27-13(4)20(24)22-17(21(25)26)9-12(2)3/h7-8,10-13,17H,5-6,9H2,1-4H3,(H,22,24)(H,25,26). The number of ether oxygens (including phenoxy) is 1. The largest absolute Gasteiger partial charge is 0.481 e. The molecule has 0 aliphatic carbocycles. The Morgan fingerprint density at radius 2 is 1.93 bits per heavy atom. The van der Waals surface area contributed by atoms with Crippen molar-refractivity contribution >= 4 is 22.8 Å². The van der Waals surface area contributed by atoms with E-state index in [-0.39, 0.29) is 5.92 Å². The fourth-order valence-electron chi connectivity index (χ4n) is 3.00. The van der Waals surface area contributed by atoms with E-state index in [1.54, 1.807) is 18.2 Å². The van der Waals surface area contributed by atoms with Crippen molar-refractivity contribution in [2.24, 2.45) is 5.92 Å². The molecule has 2 rings (SSSR count). The molecule has 0 bridgehead atoms. The van der Waals surface area contributed by atoms with E-state index >= 15 is 0 Å². The van der Waals surface area contributed by atoms with Gasteiger partial charge < -0.3 is 19.6 Å². The number of carboxylic acids is 1. The SMILES string of the molecule is CCCc1cc(=O)oc2cc(OC(C)C(=O)NC(CC(C)C)C(=O)O)ccc12. The predicted molar refractivity (Wildman–Crippen MR) is 106 cm³/mol. The van der Waals surface area contributed by atoms with Gasteiger partial charge in [0.15, 0.2) is 6.10 Å². The van der Waals surface area contributed by atoms with Crippen LogP contribution < -0.4 is 15.7 Å². The molecule has 1 heterocycles. The second-order valence-electron chi connectivity index (χ2n) is 7.29. The van der Waals surface area contributed by atoms with Crippen molar-refractivity contribution in [2.45, 2.75) is 59.1 Å². The molecule has 0 aliphatic heterocycles. The van der Waals surface area contributed by atoms with Gasteiger partial charge in [0.2, 0.25) is 0 Å². The lowest BCUT2D eigenvalue weighted by molar-refractivity contribution is -0.143. The highest BCUT2D eigenvalue weighted by Crippen LogP contribution is 2.24. The molecule has 0 fully saturated rings. The summed E-state index contributed by atoms with van der Waals surface area (Å²) >= 11 is 0. The van der Waals surface area contributed by atoms with E-state index in [1.807, 2.05) is 20.8 Å². The molecular formula is C21H27NO6. The molecule has 0 spiro atoms. The van der Waals surface area contributed by atoms with E-state index in [0.717, 1.165) is 23.8 Å². The molecule has 1 aromatic carbocycles. The normalized spacial score (nSPS) is 13.3. The van der Waals surface area contributed by atoms with Crippen LogP contribution in [0.4, 0.5) is 0 Å². The number of benzene rings is 1. The van der Waals surface area contributed by atoms with Crippen LogP contribution in [0.3, 0.4) is 0 Å². The quantitative estimate of drug-likeness (QED) is 0.638. The van der Waals surface area contributed by atoms with Crippen molar-refractivity contribution in [1.82, 2.24) is 5.32 Å². The molecule has 0 aliphatic rings. The zero-order valence-corrected chi connectivity index (χ0v) is 16.7. The third-order valence-corrected chi connectivity index (χ3v) is 4.32. The van der Waals surface area contributed by atoms with E-state index in [9.17, 15) is 19.5 Å². The highest BCUT2D eigenvalue weighted by molar-refractivity contribution is 5.86. The molecule has 2 N–H and O–H groups in total. The molecule has 0 radical (unpaired) electrons. The van der Waals surface area contributed by atoms with Crippen LogP contribution in [0, 0.1) is 5.92 Å². The van der Waals surface area contributed by atoms with Crippen LogP contribution in [0.2, 0.25) is 0 Å². The van der Waals surface area contributed by atoms with Gasteiger partial charge in [0.25, 0.3) is 5.91 Å². The molecule has 1 amide bonds. The summed E-state index contributed by atoms with van der Waals surface area (Å²) in [6, 6.07) is 5.59. The van der Waals surface area contributed by atoms with Crippen LogP contribution in [0.25, 0.3) is 11.0 Å². The van der Waals surface area contributed by atoms with Crippen LogP contribution in [0.1, 0.15) is 46.1 Å². The van der Waals surface area contributed by atoms with Gasteiger partial charge in [-0.25, -0.2) is 9.59 Å². The fraction of sp³-hybridized carbons (Fsp3) is 0.476. The first kappa shape index (κ1) is 21.5. The number of fused-ring (bicyclic) bond motifs is 1. The third kappa shape index (κ3) is 5.58. The van der Waals surface area contributed by atoms with Crippen molar-refractivity contribution < 1.29 is 23.8 Å². The minimum absolute atomic E-state index is 0.123. The Balaban J connectivity index is 2.15. The Bertz CT molecular complexity index is 901. The van der Waals surface area contributed by atoms with E-state index in [1.165, 1.54) is 13.0 Å². The van der Waals surface area contributed by atoms with Crippen LogP contribution in [-0.2, 0) is 16.0 Å². The number of aryl methyl sites for hydroxylation is 1. The van der Waals surface area contributed by atoms with Gasteiger partial charge in [-0.15, -0.1) is 0 Å². The number of hydrogen-bond donors (Lipinski definition) is 2. The Labute approximate surface area is 163 Å². The smallest absolute Gasteiger partial charge is 0.336 e. The number of amides is 1. The number of nitrogens with one attached hydrogen (secondary N) is 1. The van der Waals surface area contributed by atoms with Crippen LogP contribution >= 0.6 is 0 Å². The second kappa shape index (κ2) is 9.39. The van der Waals surface area contributed by atoms with Gasteiger partial charge in [-0.2, -0.15) is 0 Å². The summed E-state index contributed by atoms with van der Waals surface area (Å²) in [7, 11) is 0. The zero-order chi connectivity index (χ0) is 20.8. The highest BCUT2D eigenvalue weighted by Gasteiger charge is 2.24. The lowest BCUT2D eigenvalue weighted by Gasteiger charge is -2.20. The summed E-state index contributed by atoms with van der Waals surface area (Å²) in [6.45, 7) is 7.34. The molecule has 152 valence electrons. The number of hydrogen-bond acceptors (Lipinski definition) is 5. The fourth-order valence-corrected chi connectivity index (χ4v) is 3.00. The van der Waals surface area contributed by atoms with Gasteiger partial charge in [-0.3, -0.25) is 4.79 Å². The maximum atomic E-state index is 12.3. The average Bonchev–Trinajstić information content (AvgIpc) is 2.60. The minimum atomic E-state index is -1.08. The van der Waals surface area contributed by atoms with Crippen molar-refractivity contribution in [1.29, 1.82) is 0 Å². The Morgan fingerprint density at radius 1 is 1.21 bits per heavy atom. The molecule has 28 heavy (non-hydrogen) atoms. The summed E-state index contributed by atoms with van der Waals surface area (Å²) in [4.78, 5) is 35.4. The summed E-state index contributed by atoms with van der Waals surface area (Å²) < 4.78 is 10.9. The Morgan fingerprint density at radius 3 is 2.54 bits per heavy atom. The zero-order valence-electron chi connectivity index (χ0n) is 16.7. The van der Waals surface area contributed by atoms with Gasteiger partial charge in [-0.05, 0) is 43.4 Å². The van der Waals surface area contributed by atoms with Gasteiger partial charge in [-0.1, -0.05) is 27.2 Å². The van der Waals surface area contributed by atoms with Gasteiger partial charge in [0, 0.05) is 17.5 Å². The van der Waals surface area contributed by atoms with Gasteiger partial charge in [0.1, 0.15) is 17.4 Å². The molecule has 7 nitrogen and oxygen atoms in total. The Hall–Kier alpha value is -2.83. The molecule has 2 unspecified atom stereocenters. The first-order valence-corrected chi connectivity index (χ1v) is 9.47. The predicted octanol–water partition coefficient (Wildman–Crippen LogP) is 3.13. The minimum Gasteiger partial charge on any atom is -0.481 e. The molecule has 2 atom stereocenters. The van der Waals surface area contributed by atoms with Gasteiger partial charge >= 0.3 is 11.6 Å². The summed E-state index contributed by atoms with van der Waals surface area (Å²) in [5.74, 6) is -1.11. The topological polar surface area (TPSA) is 106 Å². The monoisotopic (exact) mass is 389 g/mol. The molecule has 7 heteroatoms. The Kier molecular flexibility index (Phi) is 7.20. The lowest BCUT2D eigenvalue weighted by atomic mass is 10.0. The first-order chi connectivity index (χ1) is 13.2. The van der Waals surface area contributed by atoms with Crippen LogP contribution in [0.5, 0.6) is 5.75 Å². The maximum Gasteiger partial charge on any atom is 0.336 e. The number of carbonyl (C=O) groups is 2. The molecular weight excluding hydrogens is 362 g/mol.